The van der Waals surface area contributed by atoms with Crippen LogP contribution in [0.25, 0.3) is 16.8 Å². The third kappa shape index (κ3) is 4.32. The van der Waals surface area contributed by atoms with E-state index in [-0.39, 0.29) is 0 Å². The van der Waals surface area contributed by atoms with Crippen molar-refractivity contribution < 1.29 is 4.74 Å². The van der Waals surface area contributed by atoms with E-state index in [1.165, 1.54) is 16.3 Å². The summed E-state index contributed by atoms with van der Waals surface area (Å²) >= 11 is 0. The van der Waals surface area contributed by atoms with Gasteiger partial charge >= 0.3 is 0 Å². The van der Waals surface area contributed by atoms with Gasteiger partial charge in [-0.2, -0.15) is 0 Å². The molecule has 0 unspecified atom stereocenters. The van der Waals surface area contributed by atoms with Gasteiger partial charge in [0.1, 0.15) is 6.61 Å². The van der Waals surface area contributed by atoms with Crippen LogP contribution >= 0.6 is 0 Å². The van der Waals surface area contributed by atoms with Crippen LogP contribution in [-0.2, 0) is 4.74 Å². The molecular formula is C22H18O. The third-order valence-corrected chi connectivity index (χ3v) is 3.52. The molecule has 0 N–H and O–H groups in total. The maximum atomic E-state index is 5.53. The average molecular weight is 298 g/mol. The second-order valence-corrected chi connectivity index (χ2v) is 5.15. The van der Waals surface area contributed by atoms with E-state index < -0.39 is 0 Å². The zero-order valence-electron chi connectivity index (χ0n) is 12.9. The fraction of sp³-hybridized carbons (Fsp3) is 0.0909. The predicted octanol–water partition coefficient (Wildman–Crippen LogP) is 4.92. The van der Waals surface area contributed by atoms with Crippen LogP contribution in [0.3, 0.4) is 0 Å². The molecule has 0 aliphatic carbocycles. The Kier molecular flexibility index (Phi) is 5.24. The molecule has 0 aliphatic heterocycles. The lowest BCUT2D eigenvalue weighted by atomic mass is 10.0. The zero-order chi connectivity index (χ0) is 15.7. The minimum Gasteiger partial charge on any atom is -0.365 e. The Morgan fingerprint density at radius 2 is 1.61 bits per heavy atom. The summed E-state index contributed by atoms with van der Waals surface area (Å²) in [5.74, 6) is 6.10. The molecule has 0 spiro atoms. The summed E-state index contributed by atoms with van der Waals surface area (Å²) in [6, 6.07) is 24.7. The van der Waals surface area contributed by atoms with Crippen molar-refractivity contribution in [3.05, 3.63) is 90.0 Å². The highest BCUT2D eigenvalue weighted by Crippen LogP contribution is 2.19. The molecule has 3 rings (SSSR count). The first-order valence-electron chi connectivity index (χ1n) is 7.69. The number of ether oxygens (including phenoxy) is 1. The molecule has 0 atom stereocenters. The monoisotopic (exact) mass is 298 g/mol. The summed E-state index contributed by atoms with van der Waals surface area (Å²) in [7, 11) is 0. The van der Waals surface area contributed by atoms with Crippen LogP contribution in [0.5, 0.6) is 0 Å². The van der Waals surface area contributed by atoms with E-state index in [0.717, 1.165) is 5.56 Å². The molecule has 112 valence electrons. The van der Waals surface area contributed by atoms with Crippen molar-refractivity contribution in [2.45, 2.75) is 0 Å². The van der Waals surface area contributed by atoms with Crippen LogP contribution in [0.15, 0.2) is 78.9 Å². The number of benzene rings is 3. The molecule has 1 nitrogen and oxygen atoms in total. The van der Waals surface area contributed by atoms with Gasteiger partial charge in [0.2, 0.25) is 0 Å². The summed E-state index contributed by atoms with van der Waals surface area (Å²) < 4.78 is 5.53. The second kappa shape index (κ2) is 7.98. The van der Waals surface area contributed by atoms with E-state index >= 15 is 0 Å². The summed E-state index contributed by atoms with van der Waals surface area (Å²) in [5.41, 5.74) is 2.23. The van der Waals surface area contributed by atoms with E-state index in [1.54, 1.807) is 0 Å². The second-order valence-electron chi connectivity index (χ2n) is 5.15. The van der Waals surface area contributed by atoms with Gasteiger partial charge in [-0.25, -0.2) is 0 Å². The summed E-state index contributed by atoms with van der Waals surface area (Å²) in [5, 5.41) is 2.51. The third-order valence-electron chi connectivity index (χ3n) is 3.52. The van der Waals surface area contributed by atoms with Gasteiger partial charge < -0.3 is 4.74 Å². The summed E-state index contributed by atoms with van der Waals surface area (Å²) in [6.07, 6.45) is 4.14. The molecule has 0 aliphatic rings. The van der Waals surface area contributed by atoms with Gasteiger partial charge in [0.15, 0.2) is 0 Å². The highest BCUT2D eigenvalue weighted by atomic mass is 16.5. The van der Waals surface area contributed by atoms with Gasteiger partial charge in [-0.05, 0) is 28.5 Å². The van der Waals surface area contributed by atoms with Crippen LogP contribution in [0.2, 0.25) is 0 Å². The van der Waals surface area contributed by atoms with Crippen molar-refractivity contribution in [1.29, 1.82) is 0 Å². The van der Waals surface area contributed by atoms with E-state index in [4.69, 9.17) is 4.74 Å². The maximum Gasteiger partial charge on any atom is 0.108 e. The Hall–Kier alpha value is -2.82. The first-order chi connectivity index (χ1) is 11.4. The van der Waals surface area contributed by atoms with Gasteiger partial charge in [0.25, 0.3) is 0 Å². The number of rotatable bonds is 4. The fourth-order valence-electron chi connectivity index (χ4n) is 2.41. The van der Waals surface area contributed by atoms with Crippen molar-refractivity contribution in [2.24, 2.45) is 0 Å². The highest BCUT2D eigenvalue weighted by Gasteiger charge is 1.95. The molecule has 0 fully saturated rings. The Morgan fingerprint density at radius 1 is 0.826 bits per heavy atom. The van der Waals surface area contributed by atoms with Gasteiger partial charge in [0.05, 0.1) is 6.61 Å². The molecule has 3 aromatic rings. The quantitative estimate of drug-likeness (QED) is 0.490. The Labute approximate surface area is 137 Å². The first kappa shape index (κ1) is 15.1. The van der Waals surface area contributed by atoms with E-state index in [0.29, 0.717) is 13.2 Å². The molecule has 0 saturated heterocycles. The zero-order valence-corrected chi connectivity index (χ0v) is 12.9. The molecule has 0 heterocycles. The van der Waals surface area contributed by atoms with E-state index in [2.05, 4.69) is 60.4 Å². The first-order valence-corrected chi connectivity index (χ1v) is 7.69. The summed E-state index contributed by atoms with van der Waals surface area (Å²) in [6.45, 7) is 1.00. The standard InChI is InChI=1S/C22H18O/c1-2-9-19(10-3-1)11-7-17-23-18-8-15-21-14-6-13-20-12-4-5-16-22(20)21/h1-6,8-10,12-16H,17-18H2/b15-8+. The van der Waals surface area contributed by atoms with Crippen molar-refractivity contribution in [2.75, 3.05) is 13.2 Å². The molecule has 0 bridgehead atoms. The number of hydrogen-bond donors (Lipinski definition) is 0. The van der Waals surface area contributed by atoms with Crippen LogP contribution in [0.1, 0.15) is 11.1 Å². The molecule has 0 radical (unpaired) electrons. The topological polar surface area (TPSA) is 9.23 Å². The van der Waals surface area contributed by atoms with Gasteiger partial charge in [-0.15, -0.1) is 0 Å². The van der Waals surface area contributed by atoms with Crippen molar-refractivity contribution in [1.82, 2.24) is 0 Å². The van der Waals surface area contributed by atoms with Gasteiger partial charge in [-0.1, -0.05) is 84.7 Å². The summed E-state index contributed by atoms with van der Waals surface area (Å²) in [4.78, 5) is 0. The molecule has 3 aromatic carbocycles. The lowest BCUT2D eigenvalue weighted by molar-refractivity contribution is 0.200. The lowest BCUT2D eigenvalue weighted by Gasteiger charge is -2.01. The average Bonchev–Trinajstić information content (AvgIpc) is 2.62. The predicted molar refractivity (Wildman–Crippen MR) is 97.1 cm³/mol. The maximum absolute atomic E-state index is 5.53. The SMILES string of the molecule is C(#Cc1ccccc1)COC/C=C/c1cccc2ccccc12. The van der Waals surface area contributed by atoms with E-state index in [9.17, 15) is 0 Å². The van der Waals surface area contributed by atoms with E-state index in [1.807, 2.05) is 36.4 Å². The smallest absolute Gasteiger partial charge is 0.108 e. The normalized spacial score (nSPS) is 10.6. The van der Waals surface area contributed by atoms with Gasteiger partial charge in [0, 0.05) is 5.56 Å². The van der Waals surface area contributed by atoms with Crippen LogP contribution in [-0.4, -0.2) is 13.2 Å². The van der Waals surface area contributed by atoms with Crippen molar-refractivity contribution in [3.8, 4) is 11.8 Å². The number of fused-ring (bicyclic) bond motifs is 1. The van der Waals surface area contributed by atoms with Crippen LogP contribution < -0.4 is 0 Å². The minimum absolute atomic E-state index is 0.439. The molecule has 0 saturated carbocycles. The molecule has 0 aromatic heterocycles. The Balaban J connectivity index is 1.52. The lowest BCUT2D eigenvalue weighted by Crippen LogP contribution is -1.91. The molecule has 0 amide bonds. The van der Waals surface area contributed by atoms with Crippen LogP contribution in [0, 0.1) is 11.8 Å². The molecular weight excluding hydrogens is 280 g/mol. The van der Waals surface area contributed by atoms with Crippen molar-refractivity contribution >= 4 is 16.8 Å². The number of hydrogen-bond acceptors (Lipinski definition) is 1. The van der Waals surface area contributed by atoms with Crippen LogP contribution in [0.4, 0.5) is 0 Å². The van der Waals surface area contributed by atoms with Gasteiger partial charge in [-0.3, -0.25) is 0 Å². The minimum atomic E-state index is 0.439. The Morgan fingerprint density at radius 3 is 2.52 bits per heavy atom. The molecule has 1 heteroatoms. The Bertz CT molecular complexity index is 846. The molecule has 23 heavy (non-hydrogen) atoms. The van der Waals surface area contributed by atoms with Crippen molar-refractivity contribution in [3.63, 3.8) is 0 Å². The largest absolute Gasteiger partial charge is 0.365 e. The highest BCUT2D eigenvalue weighted by molar-refractivity contribution is 5.90. The fourth-order valence-corrected chi connectivity index (χ4v) is 2.41.